The number of anilines is 1. The molecule has 0 aliphatic carbocycles. The average Bonchev–Trinajstić information content (AvgIpc) is 2.81. The Morgan fingerprint density at radius 1 is 1.25 bits per heavy atom. The number of nitrogens with one attached hydrogen (secondary N) is 1. The molecule has 0 spiro atoms. The van der Waals surface area contributed by atoms with Crippen LogP contribution in [0.25, 0.3) is 0 Å². The summed E-state index contributed by atoms with van der Waals surface area (Å²) >= 11 is 8.60. The highest BCUT2D eigenvalue weighted by atomic mass is 32.5. The van der Waals surface area contributed by atoms with Crippen molar-refractivity contribution in [2.75, 3.05) is 22.4 Å². The third-order valence-electron chi connectivity index (χ3n) is 3.90. The molecule has 2 aromatic carbocycles. The first-order valence-corrected chi connectivity index (χ1v) is 14.4. The summed E-state index contributed by atoms with van der Waals surface area (Å²) in [5.41, 5.74) is 0.787. The molecule has 1 N–H and O–H groups in total. The maximum absolute atomic E-state index is 11.9. The van der Waals surface area contributed by atoms with Gasteiger partial charge in [0.05, 0.1) is 16.5 Å². The summed E-state index contributed by atoms with van der Waals surface area (Å²) in [6, 6.07) is 15.3. The second-order valence-electron chi connectivity index (χ2n) is 6.05. The molecule has 0 bridgehead atoms. The van der Waals surface area contributed by atoms with Crippen LogP contribution in [0.5, 0.6) is 5.75 Å². The zero-order valence-electron chi connectivity index (χ0n) is 17.7. The van der Waals surface area contributed by atoms with Gasteiger partial charge >= 0.3 is 6.09 Å². The number of carbonyl (C=O) groups excluding carboxylic acids is 1. The number of para-hydroxylation sites is 1. The Morgan fingerprint density at radius 3 is 2.47 bits per heavy atom. The number of thioether (sulfide) groups is 1. The van der Waals surface area contributed by atoms with Gasteiger partial charge in [-0.1, -0.05) is 30.3 Å². The number of non-ortho nitro benzene ring substituents is 1. The largest absolute Gasteiger partial charge is 0.448 e. The first-order chi connectivity index (χ1) is 15.3. The number of rotatable bonds is 10. The Balaban J connectivity index is 2.17. The number of oxime groups is 1. The molecular weight excluding hydrogens is 491 g/mol. The van der Waals surface area contributed by atoms with E-state index >= 15 is 0 Å². The lowest BCUT2D eigenvalue weighted by molar-refractivity contribution is -0.384. The summed E-state index contributed by atoms with van der Waals surface area (Å²) in [6.45, 7) is 3.65. The van der Waals surface area contributed by atoms with E-state index in [0.717, 1.165) is 5.69 Å². The summed E-state index contributed by atoms with van der Waals surface area (Å²) in [6.07, 6.45) is -0.986. The fraction of sp³-hybridized carbons (Fsp3) is 0.263. The number of nitro groups is 1. The molecule has 0 aliphatic heterocycles. The quantitative estimate of drug-likeness (QED) is 0.0612. The van der Waals surface area contributed by atoms with Crippen molar-refractivity contribution in [2.45, 2.75) is 13.8 Å². The van der Waals surface area contributed by atoms with Crippen LogP contribution in [-0.4, -0.2) is 34.4 Å². The van der Waals surface area contributed by atoms with Crippen LogP contribution in [0.15, 0.2) is 59.8 Å². The Bertz CT molecular complexity index is 992. The molecule has 0 aromatic heterocycles. The van der Waals surface area contributed by atoms with Crippen LogP contribution in [0.1, 0.15) is 13.8 Å². The van der Waals surface area contributed by atoms with E-state index < -0.39 is 17.4 Å². The molecule has 32 heavy (non-hydrogen) atoms. The molecular formula is C19H23N4O5PS3. The van der Waals surface area contributed by atoms with Crippen LogP contribution < -0.4 is 13.9 Å². The van der Waals surface area contributed by atoms with Crippen LogP contribution in [0.4, 0.5) is 16.2 Å². The molecule has 1 amide bonds. The van der Waals surface area contributed by atoms with Crippen LogP contribution in [0.3, 0.4) is 0 Å². The predicted molar refractivity (Wildman–Crippen MR) is 136 cm³/mol. The van der Waals surface area contributed by atoms with Crippen molar-refractivity contribution in [1.29, 1.82) is 0 Å². The van der Waals surface area contributed by atoms with E-state index in [1.807, 2.05) is 47.6 Å². The lowest BCUT2D eigenvalue weighted by atomic mass is 10.3. The van der Waals surface area contributed by atoms with E-state index in [1.54, 1.807) is 6.92 Å². The lowest BCUT2D eigenvalue weighted by Gasteiger charge is -2.34. The molecule has 2 aromatic rings. The van der Waals surface area contributed by atoms with E-state index in [9.17, 15) is 14.9 Å². The van der Waals surface area contributed by atoms with Gasteiger partial charge in [-0.05, 0) is 61.2 Å². The Hall–Kier alpha value is -2.27. The van der Waals surface area contributed by atoms with Crippen molar-refractivity contribution in [3.05, 3.63) is 64.7 Å². The first kappa shape index (κ1) is 26.0. The van der Waals surface area contributed by atoms with Crippen molar-refractivity contribution in [3.63, 3.8) is 0 Å². The minimum absolute atomic E-state index is 0.0291. The number of nitrogens with zero attached hydrogens (tertiary/aromatic N) is 3. The predicted octanol–water partition coefficient (Wildman–Crippen LogP) is 5.84. The second kappa shape index (κ2) is 12.7. The molecule has 9 nitrogen and oxygen atoms in total. The van der Waals surface area contributed by atoms with E-state index in [1.165, 1.54) is 48.0 Å². The van der Waals surface area contributed by atoms with Crippen LogP contribution in [-0.2, 0) is 16.6 Å². The summed E-state index contributed by atoms with van der Waals surface area (Å²) in [5.74, 6) is 0.611. The minimum Gasteiger partial charge on any atom is -0.448 e. The van der Waals surface area contributed by atoms with Crippen molar-refractivity contribution < 1.29 is 19.1 Å². The SMILES string of the molecule is CCP(=S)(Oc1ccc([N+](=O)[O-])cc1)N(SCNC(=O)O/N=C(\C)SC)c1ccccc1. The first-order valence-electron chi connectivity index (χ1n) is 9.34. The monoisotopic (exact) mass is 514 g/mol. The summed E-state index contributed by atoms with van der Waals surface area (Å²) < 4.78 is 8.07. The summed E-state index contributed by atoms with van der Waals surface area (Å²) in [4.78, 5) is 27.1. The maximum Gasteiger partial charge on any atom is 0.434 e. The molecule has 0 saturated heterocycles. The van der Waals surface area contributed by atoms with Gasteiger partial charge in [-0.3, -0.25) is 19.0 Å². The zero-order valence-corrected chi connectivity index (χ0v) is 21.0. The van der Waals surface area contributed by atoms with Gasteiger partial charge in [0.15, 0.2) is 0 Å². The average molecular weight is 515 g/mol. The summed E-state index contributed by atoms with van der Waals surface area (Å²) in [7, 11) is 0. The standard InChI is InChI=1S/C19H23N4O5PS3/c1-4-29(30,28-18-12-10-16(11-13-18)22(25)26)23(17-8-6-5-7-9-17)32-14-20-19(24)27-21-15(2)31-3/h5-13H,4,14H2,1-3H3,(H,20,24)/b21-15+. The molecule has 1 unspecified atom stereocenters. The molecule has 1 atom stereocenters. The molecule has 0 saturated carbocycles. The number of hydrogen-bond donors (Lipinski definition) is 1. The van der Waals surface area contributed by atoms with Crippen molar-refractivity contribution in [2.24, 2.45) is 5.16 Å². The fourth-order valence-corrected chi connectivity index (χ4v) is 6.62. The molecule has 13 heteroatoms. The molecule has 0 aliphatic rings. The topological polar surface area (TPSA) is 106 Å². The van der Waals surface area contributed by atoms with E-state index in [2.05, 4.69) is 10.5 Å². The lowest BCUT2D eigenvalue weighted by Crippen LogP contribution is -2.26. The highest BCUT2D eigenvalue weighted by Gasteiger charge is 2.28. The number of amides is 1. The minimum atomic E-state index is -2.65. The fourth-order valence-electron chi connectivity index (χ4n) is 2.25. The Morgan fingerprint density at radius 2 is 1.91 bits per heavy atom. The second-order valence-corrected chi connectivity index (χ2v) is 12.4. The van der Waals surface area contributed by atoms with Gasteiger partial charge in [-0.15, -0.1) is 11.8 Å². The number of hydrogen-bond acceptors (Lipinski definition) is 9. The van der Waals surface area contributed by atoms with Gasteiger partial charge in [0.25, 0.3) is 5.69 Å². The maximum atomic E-state index is 11.9. The number of nitro benzene ring substituents is 1. The third-order valence-corrected chi connectivity index (χ3v) is 10.3. The van der Waals surface area contributed by atoms with Gasteiger partial charge < -0.3 is 9.84 Å². The third kappa shape index (κ3) is 7.70. The summed E-state index contributed by atoms with van der Waals surface area (Å²) in [5, 5.41) is 17.9. The van der Waals surface area contributed by atoms with Crippen molar-refractivity contribution in [3.8, 4) is 5.75 Å². The smallest absolute Gasteiger partial charge is 0.434 e. The molecule has 0 radical (unpaired) electrons. The van der Waals surface area contributed by atoms with Gasteiger partial charge in [-0.25, -0.2) is 4.79 Å². The molecule has 172 valence electrons. The Kier molecular flexibility index (Phi) is 10.3. The van der Waals surface area contributed by atoms with Gasteiger partial charge in [0.1, 0.15) is 10.8 Å². The van der Waals surface area contributed by atoms with Gasteiger partial charge in [0, 0.05) is 18.3 Å². The van der Waals surface area contributed by atoms with E-state index in [4.69, 9.17) is 21.2 Å². The number of benzene rings is 2. The van der Waals surface area contributed by atoms with Crippen molar-refractivity contribution >= 4 is 64.4 Å². The number of carbonyl (C=O) groups is 1. The van der Waals surface area contributed by atoms with Crippen molar-refractivity contribution in [1.82, 2.24) is 5.32 Å². The zero-order chi connectivity index (χ0) is 23.6. The Labute approximate surface area is 200 Å². The normalized spacial score (nSPS) is 13.0. The molecule has 2 rings (SSSR count). The highest BCUT2D eigenvalue weighted by molar-refractivity contribution is 8.21. The van der Waals surface area contributed by atoms with Gasteiger partial charge in [0.2, 0.25) is 6.42 Å². The van der Waals surface area contributed by atoms with Crippen LogP contribution >= 0.6 is 30.1 Å². The molecule has 0 heterocycles. The molecule has 0 fully saturated rings. The van der Waals surface area contributed by atoms with Crippen LogP contribution in [0, 0.1) is 10.1 Å². The van der Waals surface area contributed by atoms with Crippen LogP contribution in [0.2, 0.25) is 0 Å². The van der Waals surface area contributed by atoms with Gasteiger partial charge in [-0.2, -0.15) is 0 Å². The van der Waals surface area contributed by atoms with E-state index in [0.29, 0.717) is 17.0 Å². The van der Waals surface area contributed by atoms with E-state index in [-0.39, 0.29) is 11.6 Å². The highest BCUT2D eigenvalue weighted by Crippen LogP contribution is 2.56.